The van der Waals surface area contributed by atoms with E-state index in [1.807, 2.05) is 45.0 Å². The van der Waals surface area contributed by atoms with Crippen LogP contribution in [0.25, 0.3) is 11.2 Å². The monoisotopic (exact) mass is 370 g/mol. The Bertz CT molecular complexity index is 904. The summed E-state index contributed by atoms with van der Waals surface area (Å²) in [5.41, 5.74) is 8.95. The lowest BCUT2D eigenvalue weighted by molar-refractivity contribution is 0.271. The number of nitrogens with zero attached hydrogens (tertiary/aromatic N) is 5. The molecule has 9 nitrogen and oxygen atoms in total. The van der Waals surface area contributed by atoms with Crippen molar-refractivity contribution < 1.29 is 5.11 Å². The highest BCUT2D eigenvalue weighted by Gasteiger charge is 2.17. The van der Waals surface area contributed by atoms with Crippen LogP contribution in [0, 0.1) is 0 Å². The van der Waals surface area contributed by atoms with Crippen LogP contribution < -0.4 is 16.4 Å². The summed E-state index contributed by atoms with van der Waals surface area (Å²) in [4.78, 5) is 9.12. The molecule has 1 unspecified atom stereocenters. The predicted molar refractivity (Wildman–Crippen MR) is 106 cm³/mol. The van der Waals surface area contributed by atoms with E-state index in [-0.39, 0.29) is 18.7 Å². The molecule has 0 aliphatic rings. The van der Waals surface area contributed by atoms with Gasteiger partial charge in [0.25, 0.3) is 0 Å². The van der Waals surface area contributed by atoms with Crippen molar-refractivity contribution in [1.82, 2.24) is 25.0 Å². The fourth-order valence-corrected chi connectivity index (χ4v) is 2.70. The number of rotatable bonds is 8. The zero-order chi connectivity index (χ0) is 19.4. The summed E-state index contributed by atoms with van der Waals surface area (Å²) in [7, 11) is 0. The molecule has 3 aromatic rings. The Kier molecular flexibility index (Phi) is 5.70. The van der Waals surface area contributed by atoms with E-state index in [4.69, 9.17) is 5.73 Å². The maximum Gasteiger partial charge on any atom is 0.227 e. The minimum atomic E-state index is -0.122. The molecule has 5 N–H and O–H groups in total. The van der Waals surface area contributed by atoms with Crippen molar-refractivity contribution in [3.8, 4) is 0 Å². The number of nitrogens with one attached hydrogen (secondary N) is 2. The normalized spacial score (nSPS) is 12.5. The van der Waals surface area contributed by atoms with Crippen LogP contribution in [-0.4, -0.2) is 42.7 Å². The maximum absolute atomic E-state index is 9.48. The van der Waals surface area contributed by atoms with Crippen molar-refractivity contribution >= 4 is 28.6 Å². The van der Waals surface area contributed by atoms with Crippen LogP contribution >= 0.6 is 0 Å². The first-order valence-electron chi connectivity index (χ1n) is 9.11. The van der Waals surface area contributed by atoms with Crippen LogP contribution in [0.2, 0.25) is 0 Å². The lowest BCUT2D eigenvalue weighted by Crippen LogP contribution is -2.24. The van der Waals surface area contributed by atoms with Crippen LogP contribution in [0.5, 0.6) is 0 Å². The highest BCUT2D eigenvalue weighted by molar-refractivity contribution is 5.83. The zero-order valence-electron chi connectivity index (χ0n) is 15.8. The number of fused-ring (bicyclic) bond motifs is 1. The quantitative estimate of drug-likeness (QED) is 0.444. The molecule has 0 radical (unpaired) electrons. The van der Waals surface area contributed by atoms with Gasteiger partial charge < -0.3 is 21.5 Å². The molecule has 3 rings (SSSR count). The summed E-state index contributed by atoms with van der Waals surface area (Å²) < 4.78 is 1.75. The van der Waals surface area contributed by atoms with E-state index in [9.17, 15) is 5.11 Å². The fraction of sp³-hybridized carbons (Fsp3) is 0.444. The molecule has 144 valence electrons. The molecule has 1 aromatic carbocycles. The smallest absolute Gasteiger partial charge is 0.227 e. The second-order valence-corrected chi connectivity index (χ2v) is 6.68. The van der Waals surface area contributed by atoms with Gasteiger partial charge in [-0.15, -0.1) is 5.10 Å². The van der Waals surface area contributed by atoms with Crippen molar-refractivity contribution in [2.75, 3.05) is 23.0 Å². The standard InChI is InChI=1S/C18H26N8O/c1-4-13(10-27)21-18-22-16(20-9-12-7-5-6-8-14(12)19)15-17(23-18)26(11(2)3)25-24-15/h5-8,11,13,27H,4,9-10,19H2,1-3H3,(H2,20,21,22,23). The molecule has 0 fully saturated rings. The molecule has 0 bridgehead atoms. The first-order chi connectivity index (χ1) is 13.0. The van der Waals surface area contributed by atoms with Gasteiger partial charge in [0.1, 0.15) is 0 Å². The van der Waals surface area contributed by atoms with Crippen molar-refractivity contribution in [2.24, 2.45) is 0 Å². The first kappa shape index (κ1) is 18.8. The third-order valence-electron chi connectivity index (χ3n) is 4.36. The van der Waals surface area contributed by atoms with E-state index in [1.54, 1.807) is 4.68 Å². The topological polar surface area (TPSA) is 127 Å². The molecule has 0 aliphatic carbocycles. The van der Waals surface area contributed by atoms with E-state index < -0.39 is 0 Å². The number of aliphatic hydroxyl groups excluding tert-OH is 1. The molecule has 0 saturated heterocycles. The highest BCUT2D eigenvalue weighted by atomic mass is 16.3. The third kappa shape index (κ3) is 4.08. The summed E-state index contributed by atoms with van der Waals surface area (Å²) in [6.45, 7) is 6.53. The first-order valence-corrected chi connectivity index (χ1v) is 9.11. The Morgan fingerprint density at radius 3 is 2.67 bits per heavy atom. The average molecular weight is 370 g/mol. The number of aliphatic hydroxyl groups is 1. The SMILES string of the molecule is CCC(CO)Nc1nc(NCc2ccccc2N)c2nnn(C(C)C)c2n1. The largest absolute Gasteiger partial charge is 0.398 e. The molecule has 0 aliphatic heterocycles. The van der Waals surface area contributed by atoms with Gasteiger partial charge in [-0.1, -0.05) is 30.3 Å². The molecular weight excluding hydrogens is 344 g/mol. The lowest BCUT2D eigenvalue weighted by atomic mass is 10.2. The Balaban J connectivity index is 1.97. The number of hydrogen-bond donors (Lipinski definition) is 4. The highest BCUT2D eigenvalue weighted by Crippen LogP contribution is 2.23. The van der Waals surface area contributed by atoms with Crippen molar-refractivity contribution in [2.45, 2.75) is 45.8 Å². The molecule has 0 spiro atoms. The summed E-state index contributed by atoms with van der Waals surface area (Å²) in [5, 5.41) is 24.4. The molecule has 2 heterocycles. The minimum absolute atomic E-state index is 0.00288. The Labute approximate surface area is 158 Å². The summed E-state index contributed by atoms with van der Waals surface area (Å²) >= 11 is 0. The number of benzene rings is 1. The third-order valence-corrected chi connectivity index (χ3v) is 4.36. The van der Waals surface area contributed by atoms with Crippen LogP contribution in [0.15, 0.2) is 24.3 Å². The zero-order valence-corrected chi connectivity index (χ0v) is 15.8. The molecule has 2 aromatic heterocycles. The maximum atomic E-state index is 9.48. The van der Waals surface area contributed by atoms with Crippen molar-refractivity contribution in [3.63, 3.8) is 0 Å². The Morgan fingerprint density at radius 2 is 2.00 bits per heavy atom. The van der Waals surface area contributed by atoms with Crippen LogP contribution in [-0.2, 0) is 6.54 Å². The molecule has 9 heteroatoms. The van der Waals surface area contributed by atoms with Crippen LogP contribution in [0.3, 0.4) is 0 Å². The van der Waals surface area contributed by atoms with E-state index in [2.05, 4.69) is 30.9 Å². The number of nitrogen functional groups attached to an aromatic ring is 1. The van der Waals surface area contributed by atoms with E-state index >= 15 is 0 Å². The lowest BCUT2D eigenvalue weighted by Gasteiger charge is -2.16. The molecular formula is C18H26N8O. The summed E-state index contributed by atoms with van der Waals surface area (Å²) in [6, 6.07) is 7.65. The summed E-state index contributed by atoms with van der Waals surface area (Å²) in [6.07, 6.45) is 0.753. The van der Waals surface area contributed by atoms with Gasteiger partial charge in [-0.25, -0.2) is 4.68 Å². The van der Waals surface area contributed by atoms with Gasteiger partial charge in [-0.3, -0.25) is 0 Å². The number of para-hydroxylation sites is 1. The van der Waals surface area contributed by atoms with Crippen LogP contribution in [0.1, 0.15) is 38.8 Å². The number of anilines is 3. The van der Waals surface area contributed by atoms with E-state index in [0.29, 0.717) is 35.2 Å². The number of hydrogen-bond acceptors (Lipinski definition) is 8. The van der Waals surface area contributed by atoms with Crippen LogP contribution in [0.4, 0.5) is 17.5 Å². The molecule has 0 saturated carbocycles. The van der Waals surface area contributed by atoms with E-state index in [1.165, 1.54) is 0 Å². The molecule has 27 heavy (non-hydrogen) atoms. The number of nitrogens with two attached hydrogens (primary N) is 1. The van der Waals surface area contributed by atoms with Gasteiger partial charge >= 0.3 is 0 Å². The molecule has 0 amide bonds. The van der Waals surface area contributed by atoms with Gasteiger partial charge in [0, 0.05) is 12.2 Å². The minimum Gasteiger partial charge on any atom is -0.398 e. The second kappa shape index (κ2) is 8.17. The summed E-state index contributed by atoms with van der Waals surface area (Å²) in [5.74, 6) is 1.00. The van der Waals surface area contributed by atoms with Gasteiger partial charge in [0.15, 0.2) is 17.0 Å². The second-order valence-electron chi connectivity index (χ2n) is 6.68. The number of aromatic nitrogens is 5. The van der Waals surface area contributed by atoms with Crippen molar-refractivity contribution in [3.05, 3.63) is 29.8 Å². The van der Waals surface area contributed by atoms with Gasteiger partial charge in [-0.05, 0) is 31.9 Å². The fourth-order valence-electron chi connectivity index (χ4n) is 2.70. The predicted octanol–water partition coefficient (Wildman–Crippen LogP) is 2.18. The van der Waals surface area contributed by atoms with Gasteiger partial charge in [-0.2, -0.15) is 9.97 Å². The van der Waals surface area contributed by atoms with Gasteiger partial charge in [0.05, 0.1) is 18.7 Å². The van der Waals surface area contributed by atoms with Crippen molar-refractivity contribution in [1.29, 1.82) is 0 Å². The Hall–Kier alpha value is -2.94. The van der Waals surface area contributed by atoms with Gasteiger partial charge in [0.2, 0.25) is 5.95 Å². The molecule has 1 atom stereocenters. The Morgan fingerprint density at radius 1 is 1.22 bits per heavy atom. The van der Waals surface area contributed by atoms with E-state index in [0.717, 1.165) is 12.0 Å². The average Bonchev–Trinajstić information content (AvgIpc) is 3.09.